The van der Waals surface area contributed by atoms with Crippen molar-refractivity contribution < 1.29 is 91.0 Å². The summed E-state index contributed by atoms with van der Waals surface area (Å²) in [5, 5.41) is 0. The minimum absolute atomic E-state index is 0.0694. The highest BCUT2D eigenvalue weighted by atomic mass is 79.9. The zero-order valence-electron chi connectivity index (χ0n) is 53.5. The summed E-state index contributed by atoms with van der Waals surface area (Å²) in [6.07, 6.45) is -25.3. The third-order valence-corrected chi connectivity index (χ3v) is 21.0. The smallest absolute Gasteiger partial charge is 0.277 e. The number of nitrogens with zero attached hydrogens (tertiary/aromatic N) is 4. The van der Waals surface area contributed by atoms with Crippen molar-refractivity contribution >= 4 is 80.2 Å². The zero-order valence-corrected chi connectivity index (χ0v) is 55.1. The average Bonchev–Trinajstić information content (AvgIpc) is 1.32. The predicted molar refractivity (Wildman–Crippen MR) is 348 cm³/mol. The molecule has 0 fully saturated rings. The summed E-state index contributed by atoms with van der Waals surface area (Å²) in [7, 11) is 0.967. The number of hydrogen-bond donors (Lipinski definition) is 0. The van der Waals surface area contributed by atoms with E-state index in [9.17, 15) is 38.4 Å². The molecule has 9 aromatic rings. The lowest BCUT2D eigenvalue weighted by Crippen LogP contribution is -2.55. The molecule has 0 saturated carbocycles. The average molecular weight is 1450 g/mol. The van der Waals surface area contributed by atoms with Gasteiger partial charge in [-0.25, -0.2) is 14.7 Å². The van der Waals surface area contributed by atoms with Gasteiger partial charge in [0.15, 0.2) is 0 Å². The fraction of sp³-hybridized carbons (Fsp3) is 0.184. The highest BCUT2D eigenvalue weighted by molar-refractivity contribution is 9.10. The Morgan fingerprint density at radius 1 is 0.307 bits per heavy atom. The normalized spacial score (nSPS) is 16.8. The summed E-state index contributed by atoms with van der Waals surface area (Å²) in [5.74, 6) is -9.94. The number of amides is 8. The molecule has 0 aromatic heterocycles. The molecular formula is C76H47BrF12N4O8. The van der Waals surface area contributed by atoms with E-state index in [1.165, 1.54) is 39.8 Å². The highest BCUT2D eigenvalue weighted by Gasteiger charge is 2.74. The number of hydrogen-bond acceptors (Lipinski definition) is 8. The van der Waals surface area contributed by atoms with Gasteiger partial charge in [0, 0.05) is 11.5 Å². The maximum Gasteiger partial charge on any atom is 0.411 e. The van der Waals surface area contributed by atoms with Crippen LogP contribution in [0.15, 0.2) is 162 Å². The molecule has 1 aliphatic carbocycles. The molecule has 25 heteroatoms. The molecule has 510 valence electrons. The van der Waals surface area contributed by atoms with Crippen molar-refractivity contribution in [1.29, 1.82) is 0 Å². The van der Waals surface area contributed by atoms with Gasteiger partial charge in [0.2, 0.25) is 10.8 Å². The van der Waals surface area contributed by atoms with E-state index < -0.39 is 155 Å². The Labute approximate surface area is 573 Å². The van der Waals surface area contributed by atoms with Crippen LogP contribution in [-0.2, 0) is 16.2 Å². The van der Waals surface area contributed by atoms with Crippen LogP contribution < -0.4 is 14.7 Å². The summed E-state index contributed by atoms with van der Waals surface area (Å²) < 4.78 is 191. The summed E-state index contributed by atoms with van der Waals surface area (Å²) in [6, 6.07) is 31.2. The Hall–Kier alpha value is -10.8. The lowest BCUT2D eigenvalue weighted by Gasteiger charge is -2.38. The molecule has 0 saturated heterocycles. The van der Waals surface area contributed by atoms with Crippen molar-refractivity contribution in [3.8, 4) is 11.1 Å². The van der Waals surface area contributed by atoms with Crippen molar-refractivity contribution in [1.82, 2.24) is 4.90 Å². The number of halogens is 13. The van der Waals surface area contributed by atoms with Crippen LogP contribution in [0.2, 0.25) is 0 Å². The fourth-order valence-electron chi connectivity index (χ4n) is 15.4. The minimum Gasteiger partial charge on any atom is -0.277 e. The van der Waals surface area contributed by atoms with Crippen LogP contribution in [0.4, 0.5) is 69.7 Å². The van der Waals surface area contributed by atoms with Gasteiger partial charge in [0.1, 0.15) is 0 Å². The van der Waals surface area contributed by atoms with Gasteiger partial charge in [0.25, 0.3) is 47.3 Å². The molecule has 4 heterocycles. The van der Waals surface area contributed by atoms with E-state index in [1.54, 1.807) is 12.1 Å². The first-order valence-corrected chi connectivity index (χ1v) is 31.6. The Bertz CT molecular complexity index is 5220. The first kappa shape index (κ1) is 67.4. The van der Waals surface area contributed by atoms with Crippen LogP contribution in [0.5, 0.6) is 0 Å². The first-order chi connectivity index (χ1) is 47.3. The number of carbonyl (C=O) groups is 8. The molecule has 9 aromatic carbocycles. The molecule has 1 atom stereocenters. The zero-order chi connectivity index (χ0) is 73.0. The summed E-state index contributed by atoms with van der Waals surface area (Å²) in [5.41, 5.74) is -17.4. The van der Waals surface area contributed by atoms with Gasteiger partial charge < -0.3 is 0 Å². The van der Waals surface area contributed by atoms with E-state index in [0.29, 0.717) is 79.8 Å². The van der Waals surface area contributed by atoms with E-state index in [2.05, 4.69) is 22.0 Å². The third-order valence-electron chi connectivity index (χ3n) is 20.5. The molecule has 5 aliphatic rings. The van der Waals surface area contributed by atoms with Gasteiger partial charge in [-0.1, -0.05) is 112 Å². The number of anilines is 3. The standard InChI is InChI=1S/C76H47BrF12N4O8/c1-34-8-11-40(12-9-34)70(58-28-35(2)10-22-48(58)49-27-19-46(77)33-59(49)70)41-13-20-47(21-14-41)91-64(96)51-24-16-43(30-55(51)67(91)99)72(75(84,85)86,76(87,88)89)45-18-26-53-57(32-45)69(101)93(66(53)98)61-38(5)36(3)60(37(4)39(61)6)92-65(97)52-25-17-44(31-56(52)68(92)100)71(73(78,79)80,74(81,82)83)42-15-23-50-54(29-42)63(95)90(7)62(50)94/h8-33H,1-7H3. The second-order valence-electron chi connectivity index (χ2n) is 25.6. The second-order valence-corrected chi connectivity index (χ2v) is 26.6. The van der Waals surface area contributed by atoms with Gasteiger partial charge in [-0.3, -0.25) is 43.3 Å². The van der Waals surface area contributed by atoms with E-state index in [4.69, 9.17) is 0 Å². The minimum atomic E-state index is -6.36. The molecule has 8 amide bonds. The Balaban J connectivity index is 0.796. The Morgan fingerprint density at radius 3 is 0.980 bits per heavy atom. The van der Waals surface area contributed by atoms with Crippen LogP contribution in [0.25, 0.3) is 11.1 Å². The summed E-state index contributed by atoms with van der Waals surface area (Å²) in [6.45, 7) is 8.91. The van der Waals surface area contributed by atoms with E-state index in [0.717, 1.165) is 50.5 Å². The van der Waals surface area contributed by atoms with Crippen LogP contribution >= 0.6 is 15.9 Å². The second kappa shape index (κ2) is 22.1. The monoisotopic (exact) mass is 1450 g/mol. The van der Waals surface area contributed by atoms with Gasteiger partial charge in [-0.2, -0.15) is 52.7 Å². The van der Waals surface area contributed by atoms with Gasteiger partial charge in [-0.05, 0) is 192 Å². The number of benzene rings is 9. The van der Waals surface area contributed by atoms with Crippen LogP contribution in [-0.4, -0.2) is 83.9 Å². The molecule has 101 heavy (non-hydrogen) atoms. The SMILES string of the molecule is Cc1ccc(C2(c3ccc(N4C(=O)c5ccc(C(c6ccc7c(c6)C(=O)N(c6c(C)c(C)c(N8C(=O)c9ccc(C(c%10ccc%11c(c%10)C(=O)N(C)C%11=O)(C(F)(F)F)C(F)(F)F)cc9C8=O)c(C)c6C)C7=O)(C(F)(F)F)C(F)(F)F)cc5C4=O)cc3)c3cc(C)ccc3-c3ccc(Br)cc32)cc1. The summed E-state index contributed by atoms with van der Waals surface area (Å²) in [4.78, 5) is 115. The molecule has 0 N–H and O–H groups in total. The van der Waals surface area contributed by atoms with Gasteiger partial charge in [-0.15, -0.1) is 0 Å². The molecule has 0 spiro atoms. The van der Waals surface area contributed by atoms with Crippen LogP contribution in [0.1, 0.15) is 161 Å². The molecule has 0 bridgehead atoms. The van der Waals surface area contributed by atoms with Crippen LogP contribution in [0, 0.1) is 41.5 Å². The molecule has 0 radical (unpaired) electrons. The third kappa shape index (κ3) is 8.95. The number of fused-ring (bicyclic) bond motifs is 7. The van der Waals surface area contributed by atoms with Crippen molar-refractivity contribution in [2.24, 2.45) is 0 Å². The van der Waals surface area contributed by atoms with Gasteiger partial charge >= 0.3 is 24.7 Å². The number of carbonyl (C=O) groups excluding carboxylic acids is 8. The Kier molecular flexibility index (Phi) is 14.7. The Morgan fingerprint density at radius 2 is 0.594 bits per heavy atom. The van der Waals surface area contributed by atoms with Crippen molar-refractivity contribution in [3.05, 3.63) is 285 Å². The molecule has 1 unspecified atom stereocenters. The van der Waals surface area contributed by atoms with Gasteiger partial charge in [0.05, 0.1) is 67.0 Å². The predicted octanol–water partition coefficient (Wildman–Crippen LogP) is 17.1. The van der Waals surface area contributed by atoms with E-state index >= 15 is 52.7 Å². The summed E-state index contributed by atoms with van der Waals surface area (Å²) >= 11 is 3.64. The van der Waals surface area contributed by atoms with E-state index in [1.807, 2.05) is 68.4 Å². The quantitative estimate of drug-likeness (QED) is 0.102. The lowest BCUT2D eigenvalue weighted by molar-refractivity contribution is -0.290. The van der Waals surface area contributed by atoms with Crippen molar-refractivity contribution in [2.45, 2.75) is 82.5 Å². The first-order valence-electron chi connectivity index (χ1n) is 30.8. The maximum absolute atomic E-state index is 16.1. The van der Waals surface area contributed by atoms with E-state index in [-0.39, 0.29) is 57.5 Å². The fourth-order valence-corrected chi connectivity index (χ4v) is 15.8. The number of imide groups is 4. The maximum atomic E-state index is 16.1. The number of aryl methyl sites for hydroxylation is 2. The molecule has 12 nitrogen and oxygen atoms in total. The van der Waals surface area contributed by atoms with Crippen molar-refractivity contribution in [3.63, 3.8) is 0 Å². The van der Waals surface area contributed by atoms with Crippen LogP contribution in [0.3, 0.4) is 0 Å². The highest BCUT2D eigenvalue weighted by Crippen LogP contribution is 2.61. The molecule has 14 rings (SSSR count). The number of rotatable bonds is 9. The molecule has 4 aliphatic heterocycles. The largest absolute Gasteiger partial charge is 0.411 e. The van der Waals surface area contributed by atoms with Crippen molar-refractivity contribution in [2.75, 3.05) is 21.7 Å². The number of alkyl halides is 12. The lowest BCUT2D eigenvalue weighted by atomic mass is 9.67. The molecular weight excluding hydrogens is 1400 g/mol. The topological polar surface area (TPSA) is 150 Å².